The number of benzene rings is 4. The van der Waals surface area contributed by atoms with Crippen molar-refractivity contribution in [3.05, 3.63) is 144 Å². The Kier molecular flexibility index (Phi) is 12.9. The van der Waals surface area contributed by atoms with Crippen molar-refractivity contribution in [1.29, 1.82) is 0 Å². The van der Waals surface area contributed by atoms with Crippen molar-refractivity contribution < 1.29 is 28.4 Å². The first-order valence-electron chi connectivity index (χ1n) is 15.4. The molecule has 5 atom stereocenters. The van der Waals surface area contributed by atoms with Gasteiger partial charge < -0.3 is 34.2 Å². The molecule has 1 aliphatic heterocycles. The molecular formula is C37H43NO6. The quantitative estimate of drug-likeness (QED) is 0.148. The SMILES string of the molecule is NCCCOC1O[C@H](COCc2ccccc2)[C@H](OCc2ccccc2)[C@H](OCc2ccccc2)[C@H]1OCc1ccccc1. The molecule has 0 aliphatic carbocycles. The summed E-state index contributed by atoms with van der Waals surface area (Å²) in [7, 11) is 0. The highest BCUT2D eigenvalue weighted by molar-refractivity contribution is 5.16. The van der Waals surface area contributed by atoms with Crippen molar-refractivity contribution in [2.45, 2.75) is 63.6 Å². The van der Waals surface area contributed by atoms with Gasteiger partial charge in [0.2, 0.25) is 0 Å². The van der Waals surface area contributed by atoms with E-state index in [0.717, 1.165) is 22.3 Å². The Morgan fingerprint density at radius 2 is 0.932 bits per heavy atom. The lowest BCUT2D eigenvalue weighted by molar-refractivity contribution is -0.328. The van der Waals surface area contributed by atoms with Gasteiger partial charge in [0.15, 0.2) is 6.29 Å². The van der Waals surface area contributed by atoms with Gasteiger partial charge in [0, 0.05) is 0 Å². The number of ether oxygens (including phenoxy) is 6. The van der Waals surface area contributed by atoms with E-state index in [1.165, 1.54) is 0 Å². The maximum Gasteiger partial charge on any atom is 0.186 e. The summed E-state index contributed by atoms with van der Waals surface area (Å²) < 4.78 is 39.1. The lowest BCUT2D eigenvalue weighted by Crippen LogP contribution is -2.61. The van der Waals surface area contributed by atoms with E-state index in [4.69, 9.17) is 34.2 Å². The van der Waals surface area contributed by atoms with Crippen LogP contribution in [-0.2, 0) is 54.8 Å². The minimum Gasteiger partial charge on any atom is -0.374 e. The molecule has 0 amide bonds. The van der Waals surface area contributed by atoms with E-state index in [-0.39, 0.29) is 0 Å². The van der Waals surface area contributed by atoms with Crippen LogP contribution in [0.2, 0.25) is 0 Å². The molecule has 1 unspecified atom stereocenters. The van der Waals surface area contributed by atoms with Gasteiger partial charge in [0.05, 0.1) is 39.6 Å². The fourth-order valence-corrected chi connectivity index (χ4v) is 5.16. The summed E-state index contributed by atoms with van der Waals surface area (Å²) in [4.78, 5) is 0. The highest BCUT2D eigenvalue weighted by Gasteiger charge is 2.49. The lowest BCUT2D eigenvalue weighted by Gasteiger charge is -2.46. The molecule has 0 radical (unpaired) electrons. The summed E-state index contributed by atoms with van der Waals surface area (Å²) in [5, 5.41) is 0. The Morgan fingerprint density at radius 1 is 0.500 bits per heavy atom. The predicted octanol–water partition coefficient (Wildman–Crippen LogP) is 6.05. The molecule has 7 nitrogen and oxygen atoms in total. The Hall–Kier alpha value is -3.40. The van der Waals surface area contributed by atoms with E-state index >= 15 is 0 Å². The largest absolute Gasteiger partial charge is 0.374 e. The highest BCUT2D eigenvalue weighted by Crippen LogP contribution is 2.31. The van der Waals surface area contributed by atoms with E-state index < -0.39 is 30.7 Å². The average molecular weight is 598 g/mol. The molecule has 2 N–H and O–H groups in total. The van der Waals surface area contributed by atoms with Gasteiger partial charge in [-0.1, -0.05) is 121 Å². The molecule has 0 bridgehead atoms. The van der Waals surface area contributed by atoms with Crippen molar-refractivity contribution in [3.63, 3.8) is 0 Å². The van der Waals surface area contributed by atoms with Gasteiger partial charge in [-0.2, -0.15) is 0 Å². The molecule has 1 fully saturated rings. The van der Waals surface area contributed by atoms with Crippen LogP contribution in [0.4, 0.5) is 0 Å². The van der Waals surface area contributed by atoms with Gasteiger partial charge in [-0.15, -0.1) is 0 Å². The minimum atomic E-state index is -0.701. The number of nitrogens with two attached hydrogens (primary N) is 1. The van der Waals surface area contributed by atoms with Gasteiger partial charge in [0.1, 0.15) is 24.4 Å². The number of hydrogen-bond acceptors (Lipinski definition) is 7. The molecule has 232 valence electrons. The number of rotatable bonds is 17. The van der Waals surface area contributed by atoms with Gasteiger partial charge in [0.25, 0.3) is 0 Å². The first-order chi connectivity index (χ1) is 21.8. The summed E-state index contributed by atoms with van der Waals surface area (Å²) in [6.45, 7) is 2.84. The van der Waals surface area contributed by atoms with Crippen LogP contribution in [-0.4, -0.2) is 50.5 Å². The molecular weight excluding hydrogens is 554 g/mol. The zero-order valence-electron chi connectivity index (χ0n) is 25.1. The van der Waals surface area contributed by atoms with E-state index in [2.05, 4.69) is 12.1 Å². The average Bonchev–Trinajstić information content (AvgIpc) is 3.08. The van der Waals surface area contributed by atoms with Crippen LogP contribution >= 0.6 is 0 Å². The molecule has 0 saturated carbocycles. The van der Waals surface area contributed by atoms with E-state index in [1.54, 1.807) is 0 Å². The summed E-state index contributed by atoms with van der Waals surface area (Å²) in [5.41, 5.74) is 10.0. The van der Waals surface area contributed by atoms with Crippen molar-refractivity contribution in [2.75, 3.05) is 19.8 Å². The fraction of sp³-hybridized carbons (Fsp3) is 0.351. The monoisotopic (exact) mass is 597 g/mol. The van der Waals surface area contributed by atoms with E-state index in [9.17, 15) is 0 Å². The van der Waals surface area contributed by atoms with Gasteiger partial charge in [-0.3, -0.25) is 0 Å². The summed E-state index contributed by atoms with van der Waals surface area (Å²) in [6, 6.07) is 40.4. The van der Waals surface area contributed by atoms with Crippen molar-refractivity contribution in [3.8, 4) is 0 Å². The molecule has 5 rings (SSSR count). The van der Waals surface area contributed by atoms with Crippen LogP contribution in [0.3, 0.4) is 0 Å². The van der Waals surface area contributed by atoms with E-state index in [1.807, 2.05) is 109 Å². The second-order valence-electron chi connectivity index (χ2n) is 10.8. The first-order valence-corrected chi connectivity index (χ1v) is 15.4. The van der Waals surface area contributed by atoms with Crippen molar-refractivity contribution in [2.24, 2.45) is 5.73 Å². The van der Waals surface area contributed by atoms with Crippen molar-refractivity contribution >= 4 is 0 Å². The molecule has 0 aromatic heterocycles. The normalized spacial score (nSPS) is 21.7. The van der Waals surface area contributed by atoms with Gasteiger partial charge >= 0.3 is 0 Å². The fourth-order valence-electron chi connectivity index (χ4n) is 5.16. The maximum absolute atomic E-state index is 6.71. The molecule has 1 heterocycles. The zero-order chi connectivity index (χ0) is 30.2. The molecule has 4 aromatic rings. The lowest BCUT2D eigenvalue weighted by atomic mass is 9.97. The third-order valence-corrected chi connectivity index (χ3v) is 7.47. The van der Waals surface area contributed by atoms with E-state index in [0.29, 0.717) is 52.6 Å². The molecule has 1 saturated heterocycles. The van der Waals surface area contributed by atoms with Gasteiger partial charge in [-0.25, -0.2) is 0 Å². The molecule has 44 heavy (non-hydrogen) atoms. The molecule has 4 aromatic carbocycles. The first kappa shape index (κ1) is 32.0. The Morgan fingerprint density at radius 3 is 1.41 bits per heavy atom. The molecule has 0 spiro atoms. The molecule has 7 heteroatoms. The summed E-state index contributed by atoms with van der Waals surface area (Å²) >= 11 is 0. The zero-order valence-corrected chi connectivity index (χ0v) is 25.1. The topological polar surface area (TPSA) is 81.4 Å². The second-order valence-corrected chi connectivity index (χ2v) is 10.8. The van der Waals surface area contributed by atoms with Crippen LogP contribution in [0.15, 0.2) is 121 Å². The van der Waals surface area contributed by atoms with Crippen LogP contribution in [0.5, 0.6) is 0 Å². The Bertz CT molecular complexity index is 1310. The third-order valence-electron chi connectivity index (χ3n) is 7.47. The van der Waals surface area contributed by atoms with Crippen LogP contribution in [0, 0.1) is 0 Å². The number of hydrogen-bond donors (Lipinski definition) is 1. The molecule has 1 aliphatic rings. The van der Waals surface area contributed by atoms with Crippen molar-refractivity contribution in [1.82, 2.24) is 0 Å². The van der Waals surface area contributed by atoms with Crippen LogP contribution in [0.25, 0.3) is 0 Å². The maximum atomic E-state index is 6.71. The standard InChI is InChI=1S/C37H43NO6/c38-22-13-23-40-37-36(43-27-32-20-11-4-12-21-32)35(42-26-31-18-9-3-10-19-31)34(41-25-30-16-7-2-8-17-30)33(44-37)28-39-24-29-14-5-1-6-15-29/h1-12,14-21,33-37H,13,22-28,38H2/t33-,34+,35+,36-,37?/m1/s1. The van der Waals surface area contributed by atoms with Crippen LogP contribution in [0.1, 0.15) is 28.7 Å². The van der Waals surface area contributed by atoms with Gasteiger partial charge in [-0.05, 0) is 35.2 Å². The van der Waals surface area contributed by atoms with Crippen LogP contribution < -0.4 is 5.73 Å². The Labute approximate surface area is 260 Å². The predicted molar refractivity (Wildman–Crippen MR) is 169 cm³/mol. The Balaban J connectivity index is 1.41. The highest BCUT2D eigenvalue weighted by atomic mass is 16.7. The second kappa shape index (κ2) is 17.8. The third kappa shape index (κ3) is 9.81. The smallest absolute Gasteiger partial charge is 0.186 e. The summed E-state index contributed by atoms with van der Waals surface area (Å²) in [6.07, 6.45) is -2.04. The minimum absolute atomic E-state index is 0.293. The summed E-state index contributed by atoms with van der Waals surface area (Å²) in [5.74, 6) is 0.